The molecule has 0 fully saturated rings. The minimum absolute atomic E-state index is 0.543. The molecule has 0 amide bonds. The molecule has 0 aromatic carbocycles. The predicted molar refractivity (Wildman–Crippen MR) is 81.1 cm³/mol. The summed E-state index contributed by atoms with van der Waals surface area (Å²) >= 11 is 0. The van der Waals surface area contributed by atoms with Crippen LogP contribution in [0.15, 0.2) is 62.2 Å². The number of nitrogens with one attached hydrogen (secondary N) is 1. The quantitative estimate of drug-likeness (QED) is 0.646. The number of fused-ring (bicyclic) bond motifs is 1. The molecule has 2 heterocycles. The highest BCUT2D eigenvalue weighted by Crippen LogP contribution is 2.17. The van der Waals surface area contributed by atoms with Crippen molar-refractivity contribution in [3.63, 3.8) is 0 Å². The van der Waals surface area contributed by atoms with Crippen LogP contribution in [0.25, 0.3) is 11.2 Å². The van der Waals surface area contributed by atoms with Crippen LogP contribution in [0, 0.1) is 0 Å². The third-order valence-corrected chi connectivity index (χ3v) is 2.66. The molecule has 0 unspecified atom stereocenters. The van der Waals surface area contributed by atoms with Gasteiger partial charge in [-0.05, 0) is 24.4 Å². The number of ether oxygens (including phenoxy) is 1. The van der Waals surface area contributed by atoms with Gasteiger partial charge in [0.2, 0.25) is 0 Å². The maximum atomic E-state index is 5.04. The minimum Gasteiger partial charge on any atom is -0.497 e. The third kappa shape index (κ3) is 2.77. The van der Waals surface area contributed by atoms with Gasteiger partial charge in [-0.1, -0.05) is 25.8 Å². The fraction of sp³-hybridized carbons (Fsp3) is 0.0667. The van der Waals surface area contributed by atoms with Gasteiger partial charge in [0.05, 0.1) is 19.0 Å². The number of rotatable bonds is 6. The number of aromatic nitrogens is 3. The number of nitrogens with zero attached hydrogens (tertiary/aromatic N) is 3. The first-order chi connectivity index (χ1) is 9.67. The van der Waals surface area contributed by atoms with Crippen molar-refractivity contribution in [3.05, 3.63) is 67.9 Å². The molecule has 0 atom stereocenters. The van der Waals surface area contributed by atoms with E-state index < -0.39 is 0 Å². The summed E-state index contributed by atoms with van der Waals surface area (Å²) in [6, 6.07) is 3.75. The molecule has 1 N–H and O–H groups in total. The first-order valence-corrected chi connectivity index (χ1v) is 5.99. The Balaban J connectivity index is 2.44. The van der Waals surface area contributed by atoms with Gasteiger partial charge in [0.15, 0.2) is 11.5 Å². The molecule has 5 nitrogen and oxygen atoms in total. The molecule has 2 aromatic heterocycles. The zero-order chi connectivity index (χ0) is 14.5. The predicted octanol–water partition coefficient (Wildman–Crippen LogP) is 3.01. The Bertz CT molecular complexity index is 697. The van der Waals surface area contributed by atoms with Gasteiger partial charge in [0, 0.05) is 5.57 Å². The van der Waals surface area contributed by atoms with Crippen LogP contribution >= 0.6 is 0 Å². The van der Waals surface area contributed by atoms with Crippen molar-refractivity contribution >= 4 is 17.0 Å². The van der Waals surface area contributed by atoms with Crippen LogP contribution in [0.5, 0.6) is 0 Å². The second-order valence-corrected chi connectivity index (χ2v) is 3.97. The Kier molecular flexibility index (Phi) is 4.00. The third-order valence-electron chi connectivity index (χ3n) is 2.66. The van der Waals surface area contributed by atoms with Gasteiger partial charge in [-0.2, -0.15) is 5.10 Å². The van der Waals surface area contributed by atoms with Crippen LogP contribution < -0.4 is 5.32 Å². The molecule has 0 saturated carbocycles. The molecule has 2 aromatic rings. The molecule has 0 bridgehead atoms. The molecule has 0 aliphatic heterocycles. The highest BCUT2D eigenvalue weighted by Gasteiger charge is 2.05. The Morgan fingerprint density at radius 3 is 2.85 bits per heavy atom. The number of hydrogen-bond donors (Lipinski definition) is 1. The topological polar surface area (TPSA) is 51.5 Å². The summed E-state index contributed by atoms with van der Waals surface area (Å²) < 4.78 is 6.73. The lowest BCUT2D eigenvalue weighted by Crippen LogP contribution is -1.96. The van der Waals surface area contributed by atoms with E-state index in [-0.39, 0.29) is 0 Å². The van der Waals surface area contributed by atoms with Gasteiger partial charge < -0.3 is 10.1 Å². The Morgan fingerprint density at radius 2 is 2.20 bits per heavy atom. The molecule has 0 spiro atoms. The van der Waals surface area contributed by atoms with Crippen molar-refractivity contribution in [2.75, 3.05) is 12.4 Å². The van der Waals surface area contributed by atoms with Gasteiger partial charge in [-0.3, -0.25) is 0 Å². The normalized spacial score (nSPS) is 11.2. The van der Waals surface area contributed by atoms with Crippen LogP contribution in [-0.2, 0) is 4.74 Å². The fourth-order valence-corrected chi connectivity index (χ4v) is 1.68. The van der Waals surface area contributed by atoms with E-state index in [0.717, 1.165) is 16.9 Å². The summed E-state index contributed by atoms with van der Waals surface area (Å²) in [5.74, 6) is 1.23. The summed E-state index contributed by atoms with van der Waals surface area (Å²) in [5, 5.41) is 7.40. The second kappa shape index (κ2) is 5.88. The van der Waals surface area contributed by atoms with E-state index >= 15 is 0 Å². The monoisotopic (exact) mass is 268 g/mol. The van der Waals surface area contributed by atoms with Crippen molar-refractivity contribution in [1.29, 1.82) is 0 Å². The van der Waals surface area contributed by atoms with Crippen molar-refractivity contribution in [2.24, 2.45) is 0 Å². The van der Waals surface area contributed by atoms with Crippen LogP contribution in [0.3, 0.4) is 0 Å². The van der Waals surface area contributed by atoms with Gasteiger partial charge in [0.1, 0.15) is 5.76 Å². The molecule has 5 heteroatoms. The van der Waals surface area contributed by atoms with Gasteiger partial charge in [-0.25, -0.2) is 9.50 Å². The van der Waals surface area contributed by atoms with Crippen molar-refractivity contribution < 1.29 is 4.74 Å². The van der Waals surface area contributed by atoms with E-state index in [1.165, 1.54) is 0 Å². The number of hydrogen-bond acceptors (Lipinski definition) is 4. The molecule has 2 rings (SSSR count). The Morgan fingerprint density at radius 1 is 1.40 bits per heavy atom. The van der Waals surface area contributed by atoms with Gasteiger partial charge >= 0.3 is 0 Å². The molecular weight excluding hydrogens is 252 g/mol. The molecule has 20 heavy (non-hydrogen) atoms. The standard InChI is InChI=1S/C15H16N4O/c1-5-12(9-11(3)20-4)13-7-8-15-17-14(16-6-2)10-19(15)18-13/h5-10,16H,1-3H2,4H3/b12-9+. The Hall–Kier alpha value is -2.82. The van der Waals surface area contributed by atoms with Crippen LogP contribution in [0.2, 0.25) is 0 Å². The van der Waals surface area contributed by atoms with Crippen LogP contribution in [0.4, 0.5) is 5.82 Å². The second-order valence-electron chi connectivity index (χ2n) is 3.97. The fourth-order valence-electron chi connectivity index (χ4n) is 1.68. The number of allylic oxidation sites excluding steroid dienone is 3. The summed E-state index contributed by atoms with van der Waals surface area (Å²) in [5.41, 5.74) is 2.33. The van der Waals surface area contributed by atoms with Crippen LogP contribution in [0.1, 0.15) is 5.69 Å². The smallest absolute Gasteiger partial charge is 0.156 e. The van der Waals surface area contributed by atoms with Gasteiger partial charge in [-0.15, -0.1) is 0 Å². The summed E-state index contributed by atoms with van der Waals surface area (Å²) in [6.07, 6.45) is 6.84. The SMILES string of the molecule is C=CNc1cn2nc(/C(C=C)=C/C(=C)OC)ccc2n1. The lowest BCUT2D eigenvalue weighted by atomic mass is 10.1. The largest absolute Gasteiger partial charge is 0.497 e. The zero-order valence-corrected chi connectivity index (χ0v) is 11.3. The van der Waals surface area contributed by atoms with Crippen molar-refractivity contribution in [3.8, 4) is 0 Å². The lowest BCUT2D eigenvalue weighted by molar-refractivity contribution is 0.309. The van der Waals surface area contributed by atoms with Gasteiger partial charge in [0.25, 0.3) is 0 Å². The number of methoxy groups -OCH3 is 1. The summed E-state index contributed by atoms with van der Waals surface area (Å²) in [6.45, 7) is 11.1. The molecule has 0 saturated heterocycles. The first kappa shape index (κ1) is 13.6. The highest BCUT2D eigenvalue weighted by atomic mass is 16.5. The van der Waals surface area contributed by atoms with E-state index in [1.807, 2.05) is 12.1 Å². The van der Waals surface area contributed by atoms with E-state index in [9.17, 15) is 0 Å². The average Bonchev–Trinajstić information content (AvgIpc) is 2.86. The number of anilines is 1. The zero-order valence-electron chi connectivity index (χ0n) is 11.3. The van der Waals surface area contributed by atoms with E-state index in [2.05, 4.69) is 35.1 Å². The summed E-state index contributed by atoms with van der Waals surface area (Å²) in [7, 11) is 1.57. The lowest BCUT2D eigenvalue weighted by Gasteiger charge is -2.03. The molecule has 102 valence electrons. The molecule has 0 radical (unpaired) electrons. The Labute approximate surface area is 117 Å². The summed E-state index contributed by atoms with van der Waals surface area (Å²) in [4.78, 5) is 4.34. The maximum Gasteiger partial charge on any atom is 0.156 e. The average molecular weight is 268 g/mol. The van der Waals surface area contributed by atoms with Crippen molar-refractivity contribution in [2.45, 2.75) is 0 Å². The maximum absolute atomic E-state index is 5.04. The minimum atomic E-state index is 0.543. The van der Waals surface area contributed by atoms with E-state index in [4.69, 9.17) is 4.74 Å². The molecule has 0 aliphatic carbocycles. The van der Waals surface area contributed by atoms with E-state index in [1.54, 1.807) is 36.2 Å². The first-order valence-electron chi connectivity index (χ1n) is 5.99. The molecular formula is C15H16N4O. The number of imidazole rings is 1. The molecule has 0 aliphatic rings. The highest BCUT2D eigenvalue weighted by molar-refractivity contribution is 5.73. The van der Waals surface area contributed by atoms with E-state index in [0.29, 0.717) is 11.6 Å². The van der Waals surface area contributed by atoms with Crippen LogP contribution in [-0.4, -0.2) is 21.7 Å². The van der Waals surface area contributed by atoms with Crippen molar-refractivity contribution in [1.82, 2.24) is 14.6 Å².